The fraction of sp³-hybridized carbons (Fsp3) is 1.00. The Balaban J connectivity index is 2.14. The van der Waals surface area contributed by atoms with Crippen molar-refractivity contribution in [2.45, 2.75) is 38.2 Å². The lowest BCUT2D eigenvalue weighted by atomic mass is 9.79. The van der Waals surface area contributed by atoms with E-state index in [0.29, 0.717) is 0 Å². The summed E-state index contributed by atoms with van der Waals surface area (Å²) in [6.07, 6.45) is 4.27. The third kappa shape index (κ3) is 4.96. The maximum Gasteiger partial charge on any atom is 0.0771 e. The Hall–Kier alpha value is -0.120. The first-order valence-corrected chi connectivity index (χ1v) is 6.10. The van der Waals surface area contributed by atoms with E-state index in [2.05, 4.69) is 31.2 Å². The molecular weight excluding hydrogens is 188 g/mol. The minimum atomic E-state index is -0.432. The van der Waals surface area contributed by atoms with Gasteiger partial charge in [-0.3, -0.25) is 0 Å². The molecule has 0 heterocycles. The predicted molar refractivity (Wildman–Crippen MR) is 64.0 cm³/mol. The van der Waals surface area contributed by atoms with Gasteiger partial charge in [0.1, 0.15) is 0 Å². The zero-order valence-electron chi connectivity index (χ0n) is 10.4. The molecule has 0 aromatic rings. The lowest BCUT2D eigenvalue weighted by molar-refractivity contribution is -0.00610. The number of likely N-dealkylation sites (N-methyl/N-ethyl adjacent to an activating group) is 1. The van der Waals surface area contributed by atoms with Crippen molar-refractivity contribution in [3.05, 3.63) is 0 Å². The van der Waals surface area contributed by atoms with Crippen molar-refractivity contribution < 1.29 is 5.11 Å². The summed E-state index contributed by atoms with van der Waals surface area (Å²) in [4.78, 5) is 2.15. The molecule has 0 unspecified atom stereocenters. The van der Waals surface area contributed by atoms with E-state index in [1.54, 1.807) is 0 Å². The van der Waals surface area contributed by atoms with Gasteiger partial charge in [-0.15, -0.1) is 0 Å². The van der Waals surface area contributed by atoms with Crippen LogP contribution in [-0.2, 0) is 0 Å². The minimum Gasteiger partial charge on any atom is -0.389 e. The summed E-state index contributed by atoms with van der Waals surface area (Å²) in [6, 6.07) is 0. The lowest BCUT2D eigenvalue weighted by Crippen LogP contribution is -2.44. The van der Waals surface area contributed by atoms with Crippen molar-refractivity contribution in [2.75, 3.05) is 33.7 Å². The quantitative estimate of drug-likeness (QED) is 0.672. The number of rotatable bonds is 5. The fourth-order valence-corrected chi connectivity index (χ4v) is 2.10. The van der Waals surface area contributed by atoms with Crippen LogP contribution >= 0.6 is 0 Å². The van der Waals surface area contributed by atoms with Gasteiger partial charge in [-0.25, -0.2) is 0 Å². The van der Waals surface area contributed by atoms with Crippen LogP contribution in [0.15, 0.2) is 0 Å². The second-order valence-electron chi connectivity index (χ2n) is 5.39. The highest BCUT2D eigenvalue weighted by atomic mass is 16.3. The molecule has 2 N–H and O–H groups in total. The lowest BCUT2D eigenvalue weighted by Gasteiger charge is -2.35. The summed E-state index contributed by atoms with van der Waals surface area (Å²) in [5, 5.41) is 13.6. The van der Waals surface area contributed by atoms with E-state index in [-0.39, 0.29) is 0 Å². The molecule has 0 saturated heterocycles. The van der Waals surface area contributed by atoms with Gasteiger partial charge in [0.15, 0.2) is 0 Å². The Morgan fingerprint density at radius 2 is 1.93 bits per heavy atom. The molecule has 1 rings (SSSR count). The summed E-state index contributed by atoms with van der Waals surface area (Å²) in [6.45, 7) is 5.03. The third-order valence-corrected chi connectivity index (χ3v) is 3.39. The molecule has 0 radical (unpaired) electrons. The second-order valence-corrected chi connectivity index (χ2v) is 5.39. The molecule has 15 heavy (non-hydrogen) atoms. The molecule has 3 heteroatoms. The van der Waals surface area contributed by atoms with Gasteiger partial charge in [0.2, 0.25) is 0 Å². The van der Waals surface area contributed by atoms with Crippen LogP contribution in [0.3, 0.4) is 0 Å². The van der Waals surface area contributed by atoms with Gasteiger partial charge in [-0.2, -0.15) is 0 Å². The summed E-state index contributed by atoms with van der Waals surface area (Å²) >= 11 is 0. The highest BCUT2D eigenvalue weighted by molar-refractivity contribution is 4.86. The zero-order valence-corrected chi connectivity index (χ0v) is 10.4. The molecule has 1 saturated carbocycles. The molecule has 0 aromatic carbocycles. The predicted octanol–water partition coefficient (Wildman–Crippen LogP) is 1.08. The normalized spacial score (nSPS) is 32.2. The number of aliphatic hydroxyl groups is 1. The summed E-state index contributed by atoms with van der Waals surface area (Å²) in [5.74, 6) is 0.798. The van der Waals surface area contributed by atoms with Crippen LogP contribution in [0.25, 0.3) is 0 Å². The van der Waals surface area contributed by atoms with E-state index in [9.17, 15) is 5.11 Å². The molecule has 0 amide bonds. The molecule has 0 spiro atoms. The largest absolute Gasteiger partial charge is 0.389 e. The van der Waals surface area contributed by atoms with E-state index in [1.807, 2.05) is 0 Å². The van der Waals surface area contributed by atoms with Crippen LogP contribution in [0, 0.1) is 5.92 Å². The van der Waals surface area contributed by atoms with Crippen LogP contribution in [0.5, 0.6) is 0 Å². The molecule has 1 aliphatic rings. The number of nitrogens with zero attached hydrogens (tertiary/aromatic N) is 1. The van der Waals surface area contributed by atoms with Gasteiger partial charge in [-0.05, 0) is 45.7 Å². The van der Waals surface area contributed by atoms with Crippen LogP contribution in [0.1, 0.15) is 32.6 Å². The van der Waals surface area contributed by atoms with Gasteiger partial charge in [0, 0.05) is 19.6 Å². The zero-order chi connectivity index (χ0) is 11.3. The van der Waals surface area contributed by atoms with Gasteiger partial charge >= 0.3 is 0 Å². The molecule has 0 aromatic heterocycles. The van der Waals surface area contributed by atoms with Crippen molar-refractivity contribution >= 4 is 0 Å². The molecule has 1 aliphatic carbocycles. The van der Waals surface area contributed by atoms with Crippen molar-refractivity contribution in [3.8, 4) is 0 Å². The second kappa shape index (κ2) is 5.83. The standard InChI is InChI=1S/C12H26N2O/c1-11-4-6-12(15,7-5-11)10-13-8-9-14(2)3/h11,13,15H,4-10H2,1-3H3. The fourth-order valence-electron chi connectivity index (χ4n) is 2.10. The number of nitrogens with one attached hydrogen (secondary N) is 1. The Morgan fingerprint density at radius 1 is 1.33 bits per heavy atom. The van der Waals surface area contributed by atoms with E-state index in [4.69, 9.17) is 0 Å². The molecule has 3 nitrogen and oxygen atoms in total. The molecule has 0 bridgehead atoms. The van der Waals surface area contributed by atoms with Crippen LogP contribution < -0.4 is 5.32 Å². The van der Waals surface area contributed by atoms with E-state index in [1.165, 1.54) is 12.8 Å². The highest BCUT2D eigenvalue weighted by Gasteiger charge is 2.30. The van der Waals surface area contributed by atoms with E-state index < -0.39 is 5.60 Å². The van der Waals surface area contributed by atoms with Crippen LogP contribution in [-0.4, -0.2) is 49.3 Å². The number of hydrogen-bond donors (Lipinski definition) is 2. The first kappa shape index (κ1) is 12.9. The third-order valence-electron chi connectivity index (χ3n) is 3.39. The van der Waals surface area contributed by atoms with Crippen LogP contribution in [0.2, 0.25) is 0 Å². The summed E-state index contributed by atoms with van der Waals surface area (Å²) < 4.78 is 0. The van der Waals surface area contributed by atoms with E-state index in [0.717, 1.165) is 38.4 Å². The molecule has 90 valence electrons. The van der Waals surface area contributed by atoms with E-state index >= 15 is 0 Å². The van der Waals surface area contributed by atoms with Crippen molar-refractivity contribution in [1.82, 2.24) is 10.2 Å². The van der Waals surface area contributed by atoms with Gasteiger partial charge in [-0.1, -0.05) is 6.92 Å². The number of hydrogen-bond acceptors (Lipinski definition) is 3. The first-order valence-electron chi connectivity index (χ1n) is 6.10. The first-order chi connectivity index (χ1) is 7.02. The molecular formula is C12H26N2O. The smallest absolute Gasteiger partial charge is 0.0771 e. The van der Waals surface area contributed by atoms with Crippen molar-refractivity contribution in [2.24, 2.45) is 5.92 Å². The van der Waals surface area contributed by atoms with Gasteiger partial charge < -0.3 is 15.3 Å². The summed E-state index contributed by atoms with van der Waals surface area (Å²) in [5.41, 5.74) is -0.432. The Morgan fingerprint density at radius 3 is 2.47 bits per heavy atom. The van der Waals surface area contributed by atoms with Crippen LogP contribution in [0.4, 0.5) is 0 Å². The molecule has 1 fully saturated rings. The topological polar surface area (TPSA) is 35.5 Å². The average Bonchev–Trinajstić information content (AvgIpc) is 2.18. The average molecular weight is 214 g/mol. The maximum absolute atomic E-state index is 10.3. The van der Waals surface area contributed by atoms with Crippen molar-refractivity contribution in [3.63, 3.8) is 0 Å². The molecule has 0 atom stereocenters. The summed E-state index contributed by atoms with van der Waals surface area (Å²) in [7, 11) is 4.14. The highest BCUT2D eigenvalue weighted by Crippen LogP contribution is 2.31. The van der Waals surface area contributed by atoms with Crippen molar-refractivity contribution in [1.29, 1.82) is 0 Å². The van der Waals surface area contributed by atoms with Gasteiger partial charge in [0.25, 0.3) is 0 Å². The SMILES string of the molecule is CC1CCC(O)(CNCCN(C)C)CC1. The maximum atomic E-state index is 10.3. The Bertz CT molecular complexity index is 174. The van der Waals surface area contributed by atoms with Gasteiger partial charge in [0.05, 0.1) is 5.60 Å². The Labute approximate surface area is 93.9 Å². The molecule has 0 aliphatic heterocycles. The minimum absolute atomic E-state index is 0.432. The Kier molecular flexibility index (Phi) is 5.03. The monoisotopic (exact) mass is 214 g/mol.